The maximum Gasteiger partial charge on any atom is 0.191 e. The minimum Gasteiger partial charge on any atom is -0.357 e. The standard InChI is InChI=1S/C16H30N4S/c1-7-17-15(18-10-14-9-8-13(2)21-14)19-11-16(3,4)12-20(5)6/h8-9H,7,10-12H2,1-6H3,(H2,17,18,19). The molecule has 0 unspecified atom stereocenters. The number of aryl methyl sites for hydroxylation is 1. The van der Waals surface area contributed by atoms with Gasteiger partial charge in [0.15, 0.2) is 5.96 Å². The zero-order valence-electron chi connectivity index (χ0n) is 14.3. The molecular weight excluding hydrogens is 280 g/mol. The summed E-state index contributed by atoms with van der Waals surface area (Å²) < 4.78 is 0. The van der Waals surface area contributed by atoms with E-state index in [2.05, 4.69) is 74.4 Å². The van der Waals surface area contributed by atoms with Crippen LogP contribution < -0.4 is 10.6 Å². The average molecular weight is 311 g/mol. The van der Waals surface area contributed by atoms with E-state index in [9.17, 15) is 0 Å². The second-order valence-electron chi connectivity index (χ2n) is 6.46. The Morgan fingerprint density at radius 2 is 2.00 bits per heavy atom. The van der Waals surface area contributed by atoms with E-state index in [4.69, 9.17) is 0 Å². The van der Waals surface area contributed by atoms with E-state index in [-0.39, 0.29) is 5.41 Å². The van der Waals surface area contributed by atoms with Crippen molar-refractivity contribution in [2.75, 3.05) is 33.7 Å². The van der Waals surface area contributed by atoms with Crippen LogP contribution in [0.1, 0.15) is 30.5 Å². The van der Waals surface area contributed by atoms with Gasteiger partial charge < -0.3 is 15.5 Å². The molecule has 0 amide bonds. The van der Waals surface area contributed by atoms with Gasteiger partial charge in [-0.15, -0.1) is 11.3 Å². The number of rotatable bonds is 7. The zero-order chi connectivity index (χ0) is 15.9. The van der Waals surface area contributed by atoms with Gasteiger partial charge in [0.05, 0.1) is 6.54 Å². The molecule has 0 aliphatic carbocycles. The minimum atomic E-state index is 0.208. The molecule has 1 aromatic heterocycles. The Labute approximate surface area is 133 Å². The van der Waals surface area contributed by atoms with Gasteiger partial charge in [-0.2, -0.15) is 0 Å². The second-order valence-corrected chi connectivity index (χ2v) is 7.84. The molecule has 21 heavy (non-hydrogen) atoms. The summed E-state index contributed by atoms with van der Waals surface area (Å²) in [5.74, 6) is 0.899. The lowest BCUT2D eigenvalue weighted by atomic mass is 9.93. The van der Waals surface area contributed by atoms with Crippen LogP contribution in [0.4, 0.5) is 0 Å². The summed E-state index contributed by atoms with van der Waals surface area (Å²) in [6.07, 6.45) is 0. The maximum atomic E-state index is 4.67. The molecule has 1 rings (SSSR count). The van der Waals surface area contributed by atoms with Gasteiger partial charge in [-0.25, -0.2) is 4.99 Å². The molecule has 0 radical (unpaired) electrons. The van der Waals surface area contributed by atoms with Crippen LogP contribution in [0.2, 0.25) is 0 Å². The highest BCUT2D eigenvalue weighted by atomic mass is 32.1. The Balaban J connectivity index is 2.56. The van der Waals surface area contributed by atoms with E-state index in [1.807, 2.05) is 11.3 Å². The summed E-state index contributed by atoms with van der Waals surface area (Å²) in [5, 5.41) is 6.78. The smallest absolute Gasteiger partial charge is 0.191 e. The number of thiophene rings is 1. The van der Waals surface area contributed by atoms with Crippen LogP contribution in [0.15, 0.2) is 17.1 Å². The molecule has 120 valence electrons. The fourth-order valence-corrected chi connectivity index (χ4v) is 3.12. The Morgan fingerprint density at radius 3 is 2.52 bits per heavy atom. The lowest BCUT2D eigenvalue weighted by Crippen LogP contribution is -2.44. The van der Waals surface area contributed by atoms with Crippen molar-refractivity contribution in [1.82, 2.24) is 15.5 Å². The van der Waals surface area contributed by atoms with Crippen molar-refractivity contribution in [1.29, 1.82) is 0 Å². The van der Waals surface area contributed by atoms with Crippen molar-refractivity contribution < 1.29 is 0 Å². The van der Waals surface area contributed by atoms with Gasteiger partial charge >= 0.3 is 0 Å². The maximum absolute atomic E-state index is 4.67. The zero-order valence-corrected chi connectivity index (χ0v) is 15.1. The van der Waals surface area contributed by atoms with Crippen LogP contribution in [0.5, 0.6) is 0 Å². The van der Waals surface area contributed by atoms with Crippen molar-refractivity contribution in [2.45, 2.75) is 34.2 Å². The molecule has 0 spiro atoms. The number of guanidine groups is 1. The Morgan fingerprint density at radius 1 is 1.29 bits per heavy atom. The van der Waals surface area contributed by atoms with Gasteiger partial charge in [-0.3, -0.25) is 0 Å². The summed E-state index contributed by atoms with van der Waals surface area (Å²) in [4.78, 5) is 9.53. The summed E-state index contributed by atoms with van der Waals surface area (Å²) in [6, 6.07) is 4.30. The first-order valence-corrected chi connectivity index (χ1v) is 8.36. The van der Waals surface area contributed by atoms with Crippen molar-refractivity contribution >= 4 is 17.3 Å². The summed E-state index contributed by atoms with van der Waals surface area (Å²) in [5.41, 5.74) is 0.208. The predicted octanol–water partition coefficient (Wildman–Crippen LogP) is 2.70. The van der Waals surface area contributed by atoms with E-state index in [0.29, 0.717) is 0 Å². The molecule has 0 aliphatic heterocycles. The number of nitrogens with zero attached hydrogens (tertiary/aromatic N) is 2. The summed E-state index contributed by atoms with van der Waals surface area (Å²) in [6.45, 7) is 12.3. The van der Waals surface area contributed by atoms with Gasteiger partial charge in [0.2, 0.25) is 0 Å². The van der Waals surface area contributed by atoms with Crippen LogP contribution in [-0.4, -0.2) is 44.6 Å². The van der Waals surface area contributed by atoms with Crippen molar-refractivity contribution in [3.63, 3.8) is 0 Å². The van der Waals surface area contributed by atoms with E-state index < -0.39 is 0 Å². The molecule has 0 atom stereocenters. The highest BCUT2D eigenvalue weighted by Gasteiger charge is 2.19. The van der Waals surface area contributed by atoms with Gasteiger partial charge in [0.25, 0.3) is 0 Å². The highest BCUT2D eigenvalue weighted by Crippen LogP contribution is 2.16. The van der Waals surface area contributed by atoms with Crippen LogP contribution in [0.3, 0.4) is 0 Å². The quantitative estimate of drug-likeness (QED) is 0.601. The van der Waals surface area contributed by atoms with Crippen LogP contribution >= 0.6 is 11.3 Å². The monoisotopic (exact) mass is 310 g/mol. The molecule has 0 bridgehead atoms. The van der Waals surface area contributed by atoms with Gasteiger partial charge in [-0.1, -0.05) is 13.8 Å². The van der Waals surface area contributed by atoms with Gasteiger partial charge in [0.1, 0.15) is 0 Å². The summed E-state index contributed by atoms with van der Waals surface area (Å²) >= 11 is 1.81. The number of nitrogens with one attached hydrogen (secondary N) is 2. The normalized spacial score (nSPS) is 12.8. The first kappa shape index (κ1) is 18.0. The van der Waals surface area contributed by atoms with Crippen LogP contribution in [0.25, 0.3) is 0 Å². The van der Waals surface area contributed by atoms with Crippen molar-refractivity contribution in [3.05, 3.63) is 21.9 Å². The topological polar surface area (TPSA) is 39.7 Å². The predicted molar refractivity (Wildman–Crippen MR) is 94.2 cm³/mol. The number of hydrogen-bond acceptors (Lipinski definition) is 3. The lowest BCUT2D eigenvalue weighted by Gasteiger charge is -2.29. The molecule has 0 saturated carbocycles. The Kier molecular flexibility index (Phi) is 7.18. The molecule has 4 nitrogen and oxygen atoms in total. The SMILES string of the molecule is CCNC(=NCc1ccc(C)s1)NCC(C)(C)CN(C)C. The molecule has 0 fully saturated rings. The van der Waals surface area contributed by atoms with Crippen molar-refractivity contribution in [3.8, 4) is 0 Å². The third-order valence-corrected chi connectivity index (χ3v) is 4.00. The third-order valence-electron chi connectivity index (χ3n) is 3.01. The van der Waals surface area contributed by atoms with Gasteiger partial charge in [0, 0.05) is 29.4 Å². The molecule has 2 N–H and O–H groups in total. The van der Waals surface area contributed by atoms with E-state index in [0.717, 1.165) is 32.1 Å². The molecule has 0 saturated heterocycles. The Bertz CT molecular complexity index is 449. The first-order chi connectivity index (χ1) is 9.82. The first-order valence-electron chi connectivity index (χ1n) is 7.54. The van der Waals surface area contributed by atoms with Crippen LogP contribution in [-0.2, 0) is 6.54 Å². The average Bonchev–Trinajstić information content (AvgIpc) is 2.77. The third kappa shape index (κ3) is 7.48. The number of hydrogen-bond donors (Lipinski definition) is 2. The fraction of sp³-hybridized carbons (Fsp3) is 0.688. The molecule has 1 heterocycles. The summed E-state index contributed by atoms with van der Waals surface area (Å²) in [7, 11) is 4.22. The van der Waals surface area contributed by atoms with Crippen molar-refractivity contribution in [2.24, 2.45) is 10.4 Å². The second kappa shape index (κ2) is 8.39. The highest BCUT2D eigenvalue weighted by molar-refractivity contribution is 7.11. The lowest BCUT2D eigenvalue weighted by molar-refractivity contribution is 0.241. The molecule has 0 aliphatic rings. The largest absolute Gasteiger partial charge is 0.357 e. The fourth-order valence-electron chi connectivity index (χ4n) is 2.30. The van der Waals surface area contributed by atoms with E-state index >= 15 is 0 Å². The van der Waals surface area contributed by atoms with E-state index in [1.54, 1.807) is 0 Å². The number of aliphatic imine (C=N–C) groups is 1. The molecule has 0 aromatic carbocycles. The van der Waals surface area contributed by atoms with Gasteiger partial charge in [-0.05, 0) is 45.5 Å². The van der Waals surface area contributed by atoms with Crippen LogP contribution in [0, 0.1) is 12.3 Å². The minimum absolute atomic E-state index is 0.208. The molecule has 1 aromatic rings. The molecule has 5 heteroatoms. The molecular formula is C16H30N4S. The Hall–Kier alpha value is -1.07. The van der Waals surface area contributed by atoms with E-state index in [1.165, 1.54) is 9.75 Å².